The van der Waals surface area contributed by atoms with Crippen LogP contribution in [0.3, 0.4) is 0 Å². The van der Waals surface area contributed by atoms with Gasteiger partial charge in [-0.1, -0.05) is 0 Å². The molecule has 1 N–H and O–H groups in total. The number of carbonyl (C=O) groups excluding carboxylic acids is 2. The van der Waals surface area contributed by atoms with Crippen LogP contribution in [0.5, 0.6) is 0 Å². The summed E-state index contributed by atoms with van der Waals surface area (Å²) in [7, 11) is -4.89. The van der Waals surface area contributed by atoms with Crippen molar-refractivity contribution in [3.63, 3.8) is 0 Å². The van der Waals surface area contributed by atoms with E-state index in [1.54, 1.807) is 0 Å². The lowest BCUT2D eigenvalue weighted by molar-refractivity contribution is -0.147. The number of sulfonamides is 1. The molecule has 2 atom stereocenters. The van der Waals surface area contributed by atoms with E-state index in [-0.39, 0.29) is 0 Å². The van der Waals surface area contributed by atoms with Gasteiger partial charge in [0.2, 0.25) is 17.4 Å². The highest BCUT2D eigenvalue weighted by molar-refractivity contribution is 7.88. The predicted octanol–water partition coefficient (Wildman–Crippen LogP) is -0.790. The lowest BCUT2D eigenvalue weighted by atomic mass is 10.3. The van der Waals surface area contributed by atoms with E-state index >= 15 is 0 Å². The fourth-order valence-corrected chi connectivity index (χ4v) is 4.23. The maximum atomic E-state index is 12.2. The normalized spacial score (nSPS) is 16.3. The first-order valence-electron chi connectivity index (χ1n) is 5.33. The predicted molar refractivity (Wildman–Crippen MR) is 69.7 cm³/mol. The van der Waals surface area contributed by atoms with Crippen LogP contribution in [0.1, 0.15) is 6.42 Å². The number of hydrogen-bond donors (Lipinski definition) is 1. The Morgan fingerprint density at radius 1 is 1.30 bits per heavy atom. The van der Waals surface area contributed by atoms with Crippen molar-refractivity contribution in [1.29, 1.82) is 0 Å². The number of hydrogen-bond acceptors (Lipinski definition) is 7. The highest BCUT2D eigenvalue weighted by Crippen LogP contribution is 2.49. The molecule has 0 rings (SSSR count). The number of nitrogens with zero attached hydrogens (tertiary/aromatic N) is 1. The van der Waals surface area contributed by atoms with Gasteiger partial charge in [-0.2, -0.15) is 4.31 Å². The van der Waals surface area contributed by atoms with Crippen molar-refractivity contribution in [3.8, 4) is 0 Å². The molecule has 0 aromatic rings. The van der Waals surface area contributed by atoms with Gasteiger partial charge in [-0.15, -0.1) is 0 Å². The zero-order chi connectivity index (χ0) is 16.1. The summed E-state index contributed by atoms with van der Waals surface area (Å²) in [4.78, 5) is 32.6. The van der Waals surface area contributed by atoms with E-state index in [1.165, 1.54) is 0 Å². The van der Waals surface area contributed by atoms with Crippen molar-refractivity contribution >= 4 is 29.3 Å². The summed E-state index contributed by atoms with van der Waals surface area (Å²) >= 11 is 0. The first-order valence-corrected chi connectivity index (χ1v) is 9.09. The van der Waals surface area contributed by atoms with Crippen LogP contribution < -0.4 is 0 Å². The molecule has 20 heavy (non-hydrogen) atoms. The van der Waals surface area contributed by atoms with Crippen molar-refractivity contribution in [3.05, 3.63) is 0 Å². The molecule has 0 spiro atoms. The third-order valence-electron chi connectivity index (χ3n) is 2.52. The van der Waals surface area contributed by atoms with E-state index < -0.39 is 47.7 Å². The molecule has 118 valence electrons. The van der Waals surface area contributed by atoms with Crippen molar-refractivity contribution in [1.82, 2.24) is 4.31 Å². The molecular weight excluding hydrogens is 313 g/mol. The van der Waals surface area contributed by atoms with Gasteiger partial charge in [0.15, 0.2) is 0 Å². The minimum atomic E-state index is -4.32. The lowest BCUT2D eigenvalue weighted by Gasteiger charge is -2.23. The van der Waals surface area contributed by atoms with Crippen molar-refractivity contribution in [2.24, 2.45) is 0 Å². The van der Waals surface area contributed by atoms with Gasteiger partial charge in [0, 0.05) is 7.05 Å². The van der Waals surface area contributed by atoms with E-state index in [0.717, 1.165) is 27.5 Å². The van der Waals surface area contributed by atoms with Crippen LogP contribution in [0.25, 0.3) is 0 Å². The maximum absolute atomic E-state index is 12.2. The summed E-state index contributed by atoms with van der Waals surface area (Å²) in [6.45, 7) is 0. The number of esters is 2. The Balaban J connectivity index is 5.28. The van der Waals surface area contributed by atoms with Gasteiger partial charge in [0.05, 0.1) is 33.2 Å². The Kier molecular flexibility index (Phi) is 6.82. The van der Waals surface area contributed by atoms with Crippen LogP contribution in [0, 0.1) is 0 Å². The highest BCUT2D eigenvalue weighted by atomic mass is 32.2. The van der Waals surface area contributed by atoms with Crippen molar-refractivity contribution in [2.45, 2.75) is 12.1 Å². The molecule has 0 aliphatic rings. The first-order chi connectivity index (χ1) is 8.95. The van der Waals surface area contributed by atoms with Gasteiger partial charge in [-0.3, -0.25) is 14.2 Å². The summed E-state index contributed by atoms with van der Waals surface area (Å²) in [5, 5.41) is 0. The minimum Gasteiger partial charge on any atom is -0.469 e. The molecular formula is C9H18NO8PS. The van der Waals surface area contributed by atoms with Crippen LogP contribution in [0.4, 0.5) is 0 Å². The summed E-state index contributed by atoms with van der Waals surface area (Å²) in [5.74, 6) is -1.96. The molecule has 0 saturated carbocycles. The molecule has 2 unspecified atom stereocenters. The molecule has 0 aromatic heterocycles. The first kappa shape index (κ1) is 19.0. The monoisotopic (exact) mass is 331 g/mol. The van der Waals surface area contributed by atoms with Gasteiger partial charge in [-0.25, -0.2) is 8.42 Å². The van der Waals surface area contributed by atoms with Crippen LogP contribution in [0.15, 0.2) is 0 Å². The van der Waals surface area contributed by atoms with Gasteiger partial charge in [-0.05, 0) is 0 Å². The van der Waals surface area contributed by atoms with Gasteiger partial charge in [0.25, 0.3) is 0 Å². The molecule has 0 amide bonds. The van der Waals surface area contributed by atoms with Crippen LogP contribution in [-0.2, 0) is 33.7 Å². The van der Waals surface area contributed by atoms with E-state index in [1.807, 2.05) is 0 Å². The fourth-order valence-electron chi connectivity index (χ4n) is 1.26. The molecule has 9 nitrogen and oxygen atoms in total. The Labute approximate surface area is 117 Å². The highest BCUT2D eigenvalue weighted by Gasteiger charge is 2.41. The second-order valence-corrected chi connectivity index (χ2v) is 8.58. The zero-order valence-corrected chi connectivity index (χ0v) is 13.3. The second-order valence-electron chi connectivity index (χ2n) is 4.08. The van der Waals surface area contributed by atoms with Crippen molar-refractivity contribution < 1.29 is 36.9 Å². The average molecular weight is 331 g/mol. The molecule has 0 saturated heterocycles. The lowest BCUT2D eigenvalue weighted by Crippen LogP contribution is -2.33. The smallest absolute Gasteiger partial charge is 0.319 e. The number of ether oxygens (including phenoxy) is 2. The number of methoxy groups -OCH3 is 2. The quantitative estimate of drug-likeness (QED) is 0.475. The van der Waals surface area contributed by atoms with Crippen molar-refractivity contribution in [2.75, 3.05) is 33.8 Å². The molecule has 11 heteroatoms. The van der Waals surface area contributed by atoms with Crippen LogP contribution in [0.2, 0.25) is 0 Å². The molecule has 0 fully saturated rings. The maximum Gasteiger partial charge on any atom is 0.319 e. The number of carbonyl (C=O) groups is 2. The summed E-state index contributed by atoms with van der Waals surface area (Å²) in [6.07, 6.45) is -0.627. The van der Waals surface area contributed by atoms with E-state index in [9.17, 15) is 27.5 Å². The van der Waals surface area contributed by atoms with Crippen LogP contribution >= 0.6 is 7.37 Å². The molecule has 0 aliphatic carbocycles. The SMILES string of the molecule is COC(=O)CC(C(=O)OC)P(=O)(O)CN(C)S(C)(=O)=O. The summed E-state index contributed by atoms with van der Waals surface area (Å²) < 4.78 is 44.0. The third-order valence-corrected chi connectivity index (χ3v) is 6.17. The Morgan fingerprint density at radius 2 is 1.80 bits per heavy atom. The Morgan fingerprint density at radius 3 is 2.15 bits per heavy atom. The fraction of sp³-hybridized carbons (Fsp3) is 0.778. The Bertz CT molecular complexity index is 516. The van der Waals surface area contributed by atoms with Gasteiger partial charge in [0.1, 0.15) is 5.66 Å². The topological polar surface area (TPSA) is 127 Å². The Hall–Kier alpha value is -0.960. The zero-order valence-electron chi connectivity index (χ0n) is 11.6. The third kappa shape index (κ3) is 5.58. The second kappa shape index (κ2) is 7.16. The minimum absolute atomic E-state index is 0.626. The standard InChI is InChI=1S/C9H18NO8PS/c1-10(20(4,15)16)6-19(13,14)7(9(12)18-3)5-8(11)17-2/h7H,5-6H2,1-4H3,(H,13,14). The number of rotatable bonds is 7. The molecule has 0 bridgehead atoms. The largest absolute Gasteiger partial charge is 0.469 e. The average Bonchev–Trinajstić information content (AvgIpc) is 2.32. The van der Waals surface area contributed by atoms with Crippen LogP contribution in [-0.4, -0.2) is 69.0 Å². The molecule has 0 aliphatic heterocycles. The van der Waals surface area contributed by atoms with Gasteiger partial charge < -0.3 is 14.4 Å². The van der Waals surface area contributed by atoms with E-state index in [4.69, 9.17) is 0 Å². The summed E-state index contributed by atoms with van der Waals surface area (Å²) in [6, 6.07) is 0. The van der Waals surface area contributed by atoms with E-state index in [0.29, 0.717) is 4.31 Å². The van der Waals surface area contributed by atoms with Gasteiger partial charge >= 0.3 is 11.9 Å². The summed E-state index contributed by atoms with van der Waals surface area (Å²) in [5.41, 5.74) is -1.68. The van der Waals surface area contributed by atoms with E-state index in [2.05, 4.69) is 9.47 Å². The molecule has 0 aromatic carbocycles. The molecule has 0 radical (unpaired) electrons. The molecule has 0 heterocycles.